The molecular formula is C6H10N2O. The molecule has 0 aromatic rings. The van der Waals surface area contributed by atoms with E-state index in [1.807, 2.05) is 12.2 Å². The van der Waals surface area contributed by atoms with Gasteiger partial charge in [0, 0.05) is 6.54 Å². The van der Waals surface area contributed by atoms with E-state index in [4.69, 9.17) is 5.73 Å². The molecule has 1 rings (SSSR count). The van der Waals surface area contributed by atoms with Crippen molar-refractivity contribution in [3.63, 3.8) is 0 Å². The summed E-state index contributed by atoms with van der Waals surface area (Å²) < 4.78 is 0. The minimum absolute atomic E-state index is 0.144. The van der Waals surface area contributed by atoms with Crippen molar-refractivity contribution >= 4 is 5.91 Å². The SMILES string of the molecule is NC(=O)C1CC=CCN1. The van der Waals surface area contributed by atoms with Gasteiger partial charge in [0.05, 0.1) is 6.04 Å². The lowest BCUT2D eigenvalue weighted by Gasteiger charge is -2.14. The van der Waals surface area contributed by atoms with Gasteiger partial charge in [-0.15, -0.1) is 0 Å². The third kappa shape index (κ3) is 1.54. The Morgan fingerprint density at radius 1 is 1.67 bits per heavy atom. The zero-order valence-corrected chi connectivity index (χ0v) is 5.13. The van der Waals surface area contributed by atoms with Crippen molar-refractivity contribution < 1.29 is 4.79 Å². The Morgan fingerprint density at radius 3 is 2.78 bits per heavy atom. The molecule has 1 atom stereocenters. The average Bonchev–Trinajstić information content (AvgIpc) is 1.90. The van der Waals surface area contributed by atoms with Crippen LogP contribution in [0.15, 0.2) is 12.2 Å². The van der Waals surface area contributed by atoms with E-state index in [-0.39, 0.29) is 11.9 Å². The van der Waals surface area contributed by atoms with Gasteiger partial charge in [-0.25, -0.2) is 0 Å². The fraction of sp³-hybridized carbons (Fsp3) is 0.500. The lowest BCUT2D eigenvalue weighted by molar-refractivity contribution is -0.119. The molecule has 9 heavy (non-hydrogen) atoms. The van der Waals surface area contributed by atoms with Crippen LogP contribution in [0.2, 0.25) is 0 Å². The smallest absolute Gasteiger partial charge is 0.234 e. The van der Waals surface area contributed by atoms with Crippen molar-refractivity contribution in [1.29, 1.82) is 0 Å². The fourth-order valence-electron chi connectivity index (χ4n) is 0.826. The Hall–Kier alpha value is -0.830. The van der Waals surface area contributed by atoms with Crippen LogP contribution in [0.25, 0.3) is 0 Å². The van der Waals surface area contributed by atoms with Crippen molar-refractivity contribution in [2.45, 2.75) is 12.5 Å². The van der Waals surface area contributed by atoms with Crippen LogP contribution in [0, 0.1) is 0 Å². The molecule has 3 heteroatoms. The summed E-state index contributed by atoms with van der Waals surface area (Å²) in [4.78, 5) is 10.5. The van der Waals surface area contributed by atoms with Crippen LogP contribution in [0.3, 0.4) is 0 Å². The van der Waals surface area contributed by atoms with Crippen molar-refractivity contribution in [3.8, 4) is 0 Å². The molecule has 0 saturated heterocycles. The number of nitrogens with two attached hydrogens (primary N) is 1. The van der Waals surface area contributed by atoms with E-state index in [0.717, 1.165) is 13.0 Å². The predicted molar refractivity (Wildman–Crippen MR) is 34.7 cm³/mol. The third-order valence-electron chi connectivity index (χ3n) is 1.36. The van der Waals surface area contributed by atoms with Crippen molar-refractivity contribution in [2.24, 2.45) is 5.73 Å². The maximum atomic E-state index is 10.5. The van der Waals surface area contributed by atoms with E-state index in [1.165, 1.54) is 0 Å². The molecule has 0 spiro atoms. The summed E-state index contributed by atoms with van der Waals surface area (Å²) in [5.41, 5.74) is 5.03. The van der Waals surface area contributed by atoms with Crippen molar-refractivity contribution in [1.82, 2.24) is 5.32 Å². The molecule has 1 heterocycles. The summed E-state index contributed by atoms with van der Waals surface area (Å²) in [5.74, 6) is -0.264. The number of carbonyl (C=O) groups is 1. The molecule has 3 nitrogen and oxygen atoms in total. The molecule has 0 radical (unpaired) electrons. The average molecular weight is 126 g/mol. The summed E-state index contributed by atoms with van der Waals surface area (Å²) in [7, 11) is 0. The molecule has 3 N–H and O–H groups in total. The molecule has 1 unspecified atom stereocenters. The highest BCUT2D eigenvalue weighted by atomic mass is 16.1. The lowest BCUT2D eigenvalue weighted by Crippen LogP contribution is -2.42. The monoisotopic (exact) mass is 126 g/mol. The topological polar surface area (TPSA) is 55.1 Å². The second-order valence-electron chi connectivity index (χ2n) is 2.07. The van der Waals surface area contributed by atoms with Gasteiger partial charge in [-0.2, -0.15) is 0 Å². The van der Waals surface area contributed by atoms with Gasteiger partial charge in [0.25, 0.3) is 0 Å². The maximum Gasteiger partial charge on any atom is 0.234 e. The minimum Gasteiger partial charge on any atom is -0.368 e. The molecule has 50 valence electrons. The normalized spacial score (nSPS) is 26.0. The molecule has 0 saturated carbocycles. The number of primary amides is 1. The molecule has 0 bridgehead atoms. The molecule has 1 aliphatic rings. The fourth-order valence-corrected chi connectivity index (χ4v) is 0.826. The Balaban J connectivity index is 2.44. The highest BCUT2D eigenvalue weighted by Gasteiger charge is 2.13. The van der Waals surface area contributed by atoms with Crippen molar-refractivity contribution in [2.75, 3.05) is 6.54 Å². The summed E-state index contributed by atoms with van der Waals surface area (Å²) in [6.07, 6.45) is 4.68. The first kappa shape index (κ1) is 6.29. The van der Waals surface area contributed by atoms with Crippen LogP contribution in [0.4, 0.5) is 0 Å². The quantitative estimate of drug-likeness (QED) is 0.460. The second kappa shape index (κ2) is 2.64. The first-order valence-electron chi connectivity index (χ1n) is 2.98. The van der Waals surface area contributed by atoms with E-state index in [9.17, 15) is 4.79 Å². The van der Waals surface area contributed by atoms with Gasteiger partial charge in [0.2, 0.25) is 5.91 Å². The number of carbonyl (C=O) groups excluding carboxylic acids is 1. The molecule has 0 aromatic heterocycles. The van der Waals surface area contributed by atoms with Crippen LogP contribution in [-0.4, -0.2) is 18.5 Å². The lowest BCUT2D eigenvalue weighted by atomic mass is 10.1. The Bertz CT molecular complexity index is 142. The van der Waals surface area contributed by atoms with Gasteiger partial charge in [0.15, 0.2) is 0 Å². The largest absolute Gasteiger partial charge is 0.368 e. The number of amides is 1. The molecule has 0 aliphatic carbocycles. The van der Waals surface area contributed by atoms with Gasteiger partial charge in [0.1, 0.15) is 0 Å². The molecule has 1 aliphatic heterocycles. The standard InChI is InChI=1S/C6H10N2O/c7-6(9)5-3-1-2-4-8-5/h1-2,5,8H,3-4H2,(H2,7,9). The van der Waals surface area contributed by atoms with E-state index in [1.54, 1.807) is 0 Å². The molecule has 0 fully saturated rings. The maximum absolute atomic E-state index is 10.5. The summed E-state index contributed by atoms with van der Waals surface area (Å²) in [5, 5.41) is 2.96. The van der Waals surface area contributed by atoms with Crippen LogP contribution in [0.5, 0.6) is 0 Å². The van der Waals surface area contributed by atoms with Crippen LogP contribution < -0.4 is 11.1 Å². The van der Waals surface area contributed by atoms with E-state index in [2.05, 4.69) is 5.32 Å². The van der Waals surface area contributed by atoms with Gasteiger partial charge in [-0.05, 0) is 6.42 Å². The minimum atomic E-state index is -0.264. The first-order chi connectivity index (χ1) is 4.30. The molecular weight excluding hydrogens is 116 g/mol. The zero-order chi connectivity index (χ0) is 6.69. The summed E-state index contributed by atoms with van der Waals surface area (Å²) in [6, 6.07) is -0.144. The van der Waals surface area contributed by atoms with Gasteiger partial charge in [-0.3, -0.25) is 4.79 Å². The van der Waals surface area contributed by atoms with Crippen LogP contribution in [-0.2, 0) is 4.79 Å². The molecule has 1 amide bonds. The third-order valence-corrected chi connectivity index (χ3v) is 1.36. The van der Waals surface area contributed by atoms with Crippen LogP contribution >= 0.6 is 0 Å². The Kier molecular flexibility index (Phi) is 1.85. The highest BCUT2D eigenvalue weighted by molar-refractivity contribution is 5.80. The first-order valence-corrected chi connectivity index (χ1v) is 2.98. The highest BCUT2D eigenvalue weighted by Crippen LogP contribution is 1.96. The Labute approximate surface area is 53.9 Å². The second-order valence-corrected chi connectivity index (χ2v) is 2.07. The van der Waals surface area contributed by atoms with Crippen LogP contribution in [0.1, 0.15) is 6.42 Å². The number of hydrogen-bond acceptors (Lipinski definition) is 2. The van der Waals surface area contributed by atoms with E-state index < -0.39 is 0 Å². The van der Waals surface area contributed by atoms with E-state index in [0.29, 0.717) is 0 Å². The number of rotatable bonds is 1. The van der Waals surface area contributed by atoms with Gasteiger partial charge < -0.3 is 11.1 Å². The molecule has 0 aromatic carbocycles. The predicted octanol–water partition coefficient (Wildman–Crippen LogP) is -0.610. The van der Waals surface area contributed by atoms with Gasteiger partial charge in [-0.1, -0.05) is 12.2 Å². The zero-order valence-electron chi connectivity index (χ0n) is 5.13. The number of hydrogen-bond donors (Lipinski definition) is 2. The number of nitrogens with one attached hydrogen (secondary N) is 1. The van der Waals surface area contributed by atoms with Crippen molar-refractivity contribution in [3.05, 3.63) is 12.2 Å². The van der Waals surface area contributed by atoms with Gasteiger partial charge >= 0.3 is 0 Å². The summed E-state index contributed by atoms with van der Waals surface area (Å²) in [6.45, 7) is 0.758. The van der Waals surface area contributed by atoms with E-state index >= 15 is 0 Å². The Morgan fingerprint density at radius 2 is 2.44 bits per heavy atom. The summed E-state index contributed by atoms with van der Waals surface area (Å²) >= 11 is 0.